The molecule has 0 saturated carbocycles. The lowest BCUT2D eigenvalue weighted by molar-refractivity contribution is -0.458. The van der Waals surface area contributed by atoms with Crippen LogP contribution in [0.25, 0.3) is 5.57 Å². The van der Waals surface area contributed by atoms with Crippen molar-refractivity contribution >= 4 is 23.2 Å². The molecule has 9 heteroatoms. The highest BCUT2D eigenvalue weighted by atomic mass is 16.5. The van der Waals surface area contributed by atoms with Crippen LogP contribution >= 0.6 is 0 Å². The minimum atomic E-state index is -0.528. The van der Waals surface area contributed by atoms with E-state index in [-0.39, 0.29) is 47.8 Å². The normalized spacial score (nSPS) is 18.3. The molecule has 0 unspecified atom stereocenters. The third-order valence-electron chi connectivity index (χ3n) is 6.59. The maximum absolute atomic E-state index is 13.2. The number of rotatable bonds is 10. The molecule has 0 spiro atoms. The molecule has 0 atom stereocenters. The van der Waals surface area contributed by atoms with E-state index >= 15 is 0 Å². The van der Waals surface area contributed by atoms with E-state index in [1.807, 2.05) is 34.6 Å². The fourth-order valence-electron chi connectivity index (χ4n) is 4.04. The van der Waals surface area contributed by atoms with Crippen LogP contribution in [0.1, 0.15) is 65.6 Å². The number of nitrogens with zero attached hydrogens (tertiary/aromatic N) is 3. The van der Waals surface area contributed by atoms with Gasteiger partial charge in [-0.25, -0.2) is 4.68 Å². The smallest absolute Gasteiger partial charge is 0.374 e. The number of esters is 1. The van der Waals surface area contributed by atoms with Crippen molar-refractivity contribution < 1.29 is 33.9 Å². The third-order valence-corrected chi connectivity index (χ3v) is 6.59. The average Bonchev–Trinajstić information content (AvgIpc) is 3.29. The average molecular weight is 487 g/mol. The molecule has 1 aromatic heterocycles. The summed E-state index contributed by atoms with van der Waals surface area (Å²) in [6.07, 6.45) is 2.90. The van der Waals surface area contributed by atoms with Crippen molar-refractivity contribution in [1.29, 1.82) is 0 Å². The molecule has 0 saturated heterocycles. The first kappa shape index (κ1) is 26.2. The molecule has 190 valence electrons. The van der Waals surface area contributed by atoms with Crippen LogP contribution in [0, 0.1) is 12.3 Å². The Labute approximate surface area is 206 Å². The Balaban J connectivity index is 1.83. The SMILES string of the molecule is CCn1nc(C)c(C2=C(O)/C(=C3\C(C)=C[N+](CC)=C3O)C2=O)c1OCCCOC(=O)C(C)(C)CC. The Hall–Kier alpha value is -3.36. The predicted octanol–water partition coefficient (Wildman–Crippen LogP) is 4.01. The molecule has 0 aromatic carbocycles. The zero-order valence-electron chi connectivity index (χ0n) is 21.7. The van der Waals surface area contributed by atoms with E-state index in [2.05, 4.69) is 5.10 Å². The second kappa shape index (κ2) is 10.1. The van der Waals surface area contributed by atoms with Gasteiger partial charge in [0.15, 0.2) is 6.20 Å². The number of aliphatic hydroxyl groups excluding tert-OH is 2. The van der Waals surface area contributed by atoms with Crippen LogP contribution in [0.3, 0.4) is 0 Å². The second-order valence-electron chi connectivity index (χ2n) is 9.38. The summed E-state index contributed by atoms with van der Waals surface area (Å²) in [7, 11) is 0. The van der Waals surface area contributed by atoms with Gasteiger partial charge < -0.3 is 19.7 Å². The van der Waals surface area contributed by atoms with Gasteiger partial charge in [-0.15, -0.1) is 0 Å². The summed E-state index contributed by atoms with van der Waals surface area (Å²) in [5.41, 5.74) is 1.75. The molecule has 1 aromatic rings. The largest absolute Gasteiger partial charge is 0.506 e. The van der Waals surface area contributed by atoms with E-state index in [1.54, 1.807) is 29.3 Å². The number of allylic oxidation sites excluding steroid dienone is 2. The first-order chi connectivity index (χ1) is 16.5. The van der Waals surface area contributed by atoms with Crippen LogP contribution < -0.4 is 4.74 Å². The molecular weight excluding hydrogens is 450 g/mol. The van der Waals surface area contributed by atoms with Crippen LogP contribution in [0.15, 0.2) is 28.7 Å². The van der Waals surface area contributed by atoms with Gasteiger partial charge in [0.2, 0.25) is 11.7 Å². The zero-order chi connectivity index (χ0) is 26.1. The summed E-state index contributed by atoms with van der Waals surface area (Å²) in [5, 5.41) is 25.9. The molecule has 3 rings (SSSR count). The summed E-state index contributed by atoms with van der Waals surface area (Å²) in [4.78, 5) is 25.4. The summed E-state index contributed by atoms with van der Waals surface area (Å²) in [5.74, 6) is -0.456. The number of carbonyl (C=O) groups is 2. The lowest BCUT2D eigenvalue weighted by Crippen LogP contribution is -2.27. The number of aliphatic hydroxyl groups is 2. The summed E-state index contributed by atoms with van der Waals surface area (Å²) in [6.45, 7) is 14.5. The first-order valence-electron chi connectivity index (χ1n) is 12.1. The van der Waals surface area contributed by atoms with Gasteiger partial charge in [0, 0.05) is 18.5 Å². The molecule has 2 N–H and O–H groups in total. The molecule has 1 aliphatic carbocycles. The van der Waals surface area contributed by atoms with E-state index in [1.165, 1.54) is 0 Å². The fourth-order valence-corrected chi connectivity index (χ4v) is 4.04. The monoisotopic (exact) mass is 486 g/mol. The molecule has 0 radical (unpaired) electrons. The number of ether oxygens (including phenoxy) is 2. The number of hydrogen-bond acceptors (Lipinski definition) is 6. The van der Waals surface area contributed by atoms with E-state index < -0.39 is 5.41 Å². The van der Waals surface area contributed by atoms with Crippen LogP contribution in [0.5, 0.6) is 5.88 Å². The quantitative estimate of drug-likeness (QED) is 0.222. The Bertz CT molecular complexity index is 1180. The van der Waals surface area contributed by atoms with Crippen LogP contribution in [0.2, 0.25) is 0 Å². The van der Waals surface area contributed by atoms with Gasteiger partial charge in [-0.05, 0) is 48.0 Å². The lowest BCUT2D eigenvalue weighted by Gasteiger charge is -2.23. The lowest BCUT2D eigenvalue weighted by atomic mass is 9.79. The molecule has 2 heterocycles. The third kappa shape index (κ3) is 4.63. The predicted molar refractivity (Wildman–Crippen MR) is 132 cm³/mol. The molecular formula is C26H36N3O6+. The van der Waals surface area contributed by atoms with Crippen molar-refractivity contribution in [2.24, 2.45) is 5.41 Å². The van der Waals surface area contributed by atoms with Gasteiger partial charge >= 0.3 is 11.9 Å². The minimum Gasteiger partial charge on any atom is -0.506 e. The van der Waals surface area contributed by atoms with E-state index in [4.69, 9.17) is 9.47 Å². The number of aromatic nitrogens is 2. The van der Waals surface area contributed by atoms with Gasteiger partial charge in [-0.3, -0.25) is 9.59 Å². The number of aryl methyl sites for hydroxylation is 2. The Kier molecular flexibility index (Phi) is 7.57. The van der Waals surface area contributed by atoms with Crippen molar-refractivity contribution in [1.82, 2.24) is 9.78 Å². The number of ketones is 1. The Morgan fingerprint density at radius 3 is 2.34 bits per heavy atom. The number of Topliss-reactive ketones (excluding diaryl/α,β-unsaturated/α-hetero) is 1. The minimum absolute atomic E-state index is 0.0443. The maximum Gasteiger partial charge on any atom is 0.374 e. The molecule has 0 fully saturated rings. The zero-order valence-corrected chi connectivity index (χ0v) is 21.7. The number of hydrogen-bond donors (Lipinski definition) is 2. The van der Waals surface area contributed by atoms with Crippen LogP contribution in [0.4, 0.5) is 0 Å². The topological polar surface area (TPSA) is 114 Å². The van der Waals surface area contributed by atoms with E-state index in [0.717, 1.165) is 0 Å². The summed E-state index contributed by atoms with van der Waals surface area (Å²) >= 11 is 0. The van der Waals surface area contributed by atoms with Gasteiger partial charge in [0.25, 0.3) is 0 Å². The molecule has 1 aliphatic heterocycles. The van der Waals surface area contributed by atoms with Gasteiger partial charge in [0.1, 0.15) is 17.9 Å². The molecule has 0 amide bonds. The van der Waals surface area contributed by atoms with Crippen molar-refractivity contribution in [2.75, 3.05) is 19.8 Å². The van der Waals surface area contributed by atoms with Crippen LogP contribution in [-0.4, -0.2) is 62.0 Å². The summed E-state index contributed by atoms with van der Waals surface area (Å²) in [6, 6.07) is 0. The van der Waals surface area contributed by atoms with E-state index in [9.17, 15) is 19.8 Å². The highest BCUT2D eigenvalue weighted by Gasteiger charge is 2.45. The maximum atomic E-state index is 13.2. The highest BCUT2D eigenvalue weighted by molar-refractivity contribution is 6.41. The van der Waals surface area contributed by atoms with Crippen molar-refractivity contribution in [3.8, 4) is 5.88 Å². The Morgan fingerprint density at radius 2 is 1.80 bits per heavy atom. The fraction of sp³-hybridized carbons (Fsp3) is 0.538. The van der Waals surface area contributed by atoms with Crippen LogP contribution in [-0.2, 0) is 20.9 Å². The van der Waals surface area contributed by atoms with Gasteiger partial charge in [-0.2, -0.15) is 9.67 Å². The number of carbonyl (C=O) groups excluding carboxylic acids is 2. The van der Waals surface area contributed by atoms with Crippen molar-refractivity contribution in [3.63, 3.8) is 0 Å². The molecule has 2 aliphatic rings. The second-order valence-corrected chi connectivity index (χ2v) is 9.38. The molecule has 0 bridgehead atoms. The van der Waals surface area contributed by atoms with Gasteiger partial charge in [-0.1, -0.05) is 6.92 Å². The first-order valence-corrected chi connectivity index (χ1v) is 12.1. The van der Waals surface area contributed by atoms with Gasteiger partial charge in [0.05, 0.1) is 41.0 Å². The summed E-state index contributed by atoms with van der Waals surface area (Å²) < 4.78 is 14.6. The molecule has 35 heavy (non-hydrogen) atoms. The molecule has 9 nitrogen and oxygen atoms in total. The highest BCUT2D eigenvalue weighted by Crippen LogP contribution is 2.44. The van der Waals surface area contributed by atoms with Crippen molar-refractivity contribution in [3.05, 3.63) is 39.9 Å². The van der Waals surface area contributed by atoms with Crippen molar-refractivity contribution in [2.45, 2.75) is 67.9 Å². The Morgan fingerprint density at radius 1 is 1.11 bits per heavy atom. The van der Waals surface area contributed by atoms with E-state index in [0.29, 0.717) is 54.2 Å². The standard InChI is InChI=1S/C26H35N3O6/c1-8-26(6,7)25(33)35-13-11-12-34-24-18(16(5)27-29(24)10-3)20-21(30)19(22(20)31)17-15(4)14-28(9-2)23(17)32/h14H,8-13H2,1-7H3,(H,30,31)/p+1.